The lowest BCUT2D eigenvalue weighted by molar-refractivity contribution is 0.215. The summed E-state index contributed by atoms with van der Waals surface area (Å²) in [7, 11) is 0. The van der Waals surface area contributed by atoms with Gasteiger partial charge in [0, 0.05) is 8.04 Å². The van der Waals surface area contributed by atoms with Gasteiger partial charge in [-0.1, -0.05) is 22.5 Å². The Kier molecular flexibility index (Phi) is 3.94. The third kappa shape index (κ3) is 2.79. The Bertz CT molecular complexity index is 336. The molecule has 13 heavy (non-hydrogen) atoms. The Hall–Kier alpha value is 0.130. The van der Waals surface area contributed by atoms with Crippen molar-refractivity contribution < 1.29 is 5.11 Å². The average molecular weight is 353 g/mol. The first kappa shape index (κ1) is 11.2. The van der Waals surface area contributed by atoms with E-state index in [1.165, 1.54) is 0 Å². The van der Waals surface area contributed by atoms with E-state index in [-0.39, 0.29) is 0 Å². The van der Waals surface area contributed by atoms with Gasteiger partial charge < -0.3 is 5.11 Å². The number of hydrogen-bond acceptors (Lipinski definition) is 1. The predicted octanol–water partition coefficient (Wildman–Crippen LogP) is 3.66. The standard InChI is InChI=1S/C10H10BrIO/c1-6(2)10(13)8-5-7(12)3-4-9(8)11/h3-5,10,13H,1H2,2H3. The van der Waals surface area contributed by atoms with E-state index in [9.17, 15) is 5.11 Å². The second kappa shape index (κ2) is 4.57. The lowest BCUT2D eigenvalue weighted by atomic mass is 10.0. The molecule has 1 unspecified atom stereocenters. The number of halogens is 2. The van der Waals surface area contributed by atoms with Crippen molar-refractivity contribution in [3.63, 3.8) is 0 Å². The molecule has 0 aliphatic heterocycles. The topological polar surface area (TPSA) is 20.2 Å². The molecular formula is C10H10BrIO. The molecule has 0 aliphatic rings. The summed E-state index contributed by atoms with van der Waals surface area (Å²) >= 11 is 5.61. The minimum Gasteiger partial charge on any atom is -0.384 e. The monoisotopic (exact) mass is 352 g/mol. The molecule has 3 heteroatoms. The quantitative estimate of drug-likeness (QED) is 0.636. The van der Waals surface area contributed by atoms with Gasteiger partial charge in [-0.15, -0.1) is 0 Å². The molecule has 70 valence electrons. The molecule has 1 aromatic rings. The average Bonchev–Trinajstić information content (AvgIpc) is 2.08. The van der Waals surface area contributed by atoms with Gasteiger partial charge >= 0.3 is 0 Å². The predicted molar refractivity (Wildman–Crippen MR) is 66.6 cm³/mol. The van der Waals surface area contributed by atoms with E-state index in [1.54, 1.807) is 0 Å². The van der Waals surface area contributed by atoms with Crippen molar-refractivity contribution in [2.24, 2.45) is 0 Å². The molecule has 0 spiro atoms. The highest BCUT2D eigenvalue weighted by Gasteiger charge is 2.11. The molecule has 1 rings (SSSR count). The highest BCUT2D eigenvalue weighted by atomic mass is 127. The third-order valence-electron chi connectivity index (χ3n) is 1.72. The van der Waals surface area contributed by atoms with Crippen molar-refractivity contribution in [1.82, 2.24) is 0 Å². The van der Waals surface area contributed by atoms with Gasteiger partial charge in [-0.3, -0.25) is 0 Å². The Balaban J connectivity index is 3.12. The van der Waals surface area contributed by atoms with Crippen molar-refractivity contribution in [3.8, 4) is 0 Å². The summed E-state index contributed by atoms with van der Waals surface area (Å²) in [5.74, 6) is 0. The molecule has 0 radical (unpaired) electrons. The first-order chi connectivity index (χ1) is 6.02. The number of rotatable bonds is 2. The molecule has 0 heterocycles. The number of hydrogen-bond donors (Lipinski definition) is 1. The van der Waals surface area contributed by atoms with Crippen molar-refractivity contribution in [1.29, 1.82) is 0 Å². The summed E-state index contributed by atoms with van der Waals surface area (Å²) in [5.41, 5.74) is 1.63. The largest absolute Gasteiger partial charge is 0.384 e. The van der Waals surface area contributed by atoms with Crippen LogP contribution in [0.15, 0.2) is 34.8 Å². The zero-order chi connectivity index (χ0) is 10.0. The molecule has 0 amide bonds. The third-order valence-corrected chi connectivity index (χ3v) is 3.11. The van der Waals surface area contributed by atoms with E-state index >= 15 is 0 Å². The van der Waals surface area contributed by atoms with Crippen LogP contribution in [0.5, 0.6) is 0 Å². The van der Waals surface area contributed by atoms with Gasteiger partial charge in [-0.25, -0.2) is 0 Å². The molecule has 0 aromatic heterocycles. The Morgan fingerprint density at radius 2 is 2.23 bits per heavy atom. The van der Waals surface area contributed by atoms with Crippen LogP contribution in [0.25, 0.3) is 0 Å². The van der Waals surface area contributed by atoms with E-state index in [1.807, 2.05) is 25.1 Å². The molecule has 1 aromatic carbocycles. The fourth-order valence-corrected chi connectivity index (χ4v) is 1.97. The maximum Gasteiger partial charge on any atom is 0.101 e. The van der Waals surface area contributed by atoms with Gasteiger partial charge in [0.2, 0.25) is 0 Å². The molecule has 1 nitrogen and oxygen atoms in total. The van der Waals surface area contributed by atoms with Crippen LogP contribution < -0.4 is 0 Å². The number of benzene rings is 1. The van der Waals surface area contributed by atoms with Crippen LogP contribution >= 0.6 is 38.5 Å². The fourth-order valence-electron chi connectivity index (χ4n) is 0.990. The van der Waals surface area contributed by atoms with Gasteiger partial charge in [0.05, 0.1) is 0 Å². The SMILES string of the molecule is C=C(C)C(O)c1cc(I)ccc1Br. The molecule has 0 saturated heterocycles. The van der Waals surface area contributed by atoms with E-state index in [2.05, 4.69) is 45.1 Å². The molecule has 0 fully saturated rings. The van der Waals surface area contributed by atoms with Crippen molar-refractivity contribution in [3.05, 3.63) is 44.0 Å². The maximum atomic E-state index is 9.77. The summed E-state index contributed by atoms with van der Waals surface area (Å²) < 4.78 is 2.03. The van der Waals surface area contributed by atoms with Gasteiger partial charge in [-0.2, -0.15) is 0 Å². The Morgan fingerprint density at radius 3 is 2.77 bits per heavy atom. The van der Waals surface area contributed by atoms with Crippen LogP contribution in [-0.2, 0) is 0 Å². The van der Waals surface area contributed by atoms with Gasteiger partial charge in [-0.05, 0) is 58.9 Å². The van der Waals surface area contributed by atoms with Crippen LogP contribution in [0.4, 0.5) is 0 Å². The van der Waals surface area contributed by atoms with Crippen LogP contribution in [0.1, 0.15) is 18.6 Å². The minimum atomic E-state index is -0.580. The van der Waals surface area contributed by atoms with Crippen molar-refractivity contribution >= 4 is 38.5 Å². The summed E-state index contributed by atoms with van der Waals surface area (Å²) in [6.45, 7) is 5.55. The molecular weight excluding hydrogens is 343 g/mol. The summed E-state index contributed by atoms with van der Waals surface area (Å²) in [4.78, 5) is 0. The van der Waals surface area contributed by atoms with Crippen LogP contribution in [0.3, 0.4) is 0 Å². The molecule has 0 saturated carbocycles. The minimum absolute atomic E-state index is 0.580. The Morgan fingerprint density at radius 1 is 1.62 bits per heavy atom. The smallest absolute Gasteiger partial charge is 0.101 e. The number of aliphatic hydroxyl groups excluding tert-OH is 1. The maximum absolute atomic E-state index is 9.77. The van der Waals surface area contributed by atoms with E-state index in [4.69, 9.17) is 0 Å². The lowest BCUT2D eigenvalue weighted by Gasteiger charge is -2.12. The van der Waals surface area contributed by atoms with E-state index < -0.39 is 6.10 Å². The van der Waals surface area contributed by atoms with Crippen LogP contribution in [0.2, 0.25) is 0 Å². The lowest BCUT2D eigenvalue weighted by Crippen LogP contribution is -1.99. The van der Waals surface area contributed by atoms with Gasteiger partial charge in [0.1, 0.15) is 6.10 Å². The van der Waals surface area contributed by atoms with Crippen LogP contribution in [0, 0.1) is 3.57 Å². The van der Waals surface area contributed by atoms with E-state index in [0.717, 1.165) is 19.2 Å². The molecule has 0 aliphatic carbocycles. The van der Waals surface area contributed by atoms with Gasteiger partial charge in [0.15, 0.2) is 0 Å². The second-order valence-electron chi connectivity index (χ2n) is 2.91. The number of aliphatic hydroxyl groups is 1. The summed E-state index contributed by atoms with van der Waals surface area (Å²) in [6, 6.07) is 5.87. The van der Waals surface area contributed by atoms with Gasteiger partial charge in [0.25, 0.3) is 0 Å². The zero-order valence-electron chi connectivity index (χ0n) is 7.22. The molecule has 1 N–H and O–H groups in total. The van der Waals surface area contributed by atoms with E-state index in [0.29, 0.717) is 0 Å². The zero-order valence-corrected chi connectivity index (χ0v) is 11.0. The Labute approximate surface area is 100 Å². The highest BCUT2D eigenvalue weighted by molar-refractivity contribution is 14.1. The molecule has 1 atom stereocenters. The second-order valence-corrected chi connectivity index (χ2v) is 5.01. The fraction of sp³-hybridized carbons (Fsp3) is 0.200. The summed E-state index contributed by atoms with van der Waals surface area (Å²) in [5, 5.41) is 9.77. The first-order valence-corrected chi connectivity index (χ1v) is 5.68. The first-order valence-electron chi connectivity index (χ1n) is 3.81. The summed E-state index contributed by atoms with van der Waals surface area (Å²) in [6.07, 6.45) is -0.580. The highest BCUT2D eigenvalue weighted by Crippen LogP contribution is 2.28. The molecule has 0 bridgehead atoms. The van der Waals surface area contributed by atoms with Crippen molar-refractivity contribution in [2.75, 3.05) is 0 Å². The van der Waals surface area contributed by atoms with Crippen LogP contribution in [-0.4, -0.2) is 5.11 Å². The van der Waals surface area contributed by atoms with Crippen molar-refractivity contribution in [2.45, 2.75) is 13.0 Å². The normalized spacial score (nSPS) is 12.6.